The van der Waals surface area contributed by atoms with Gasteiger partial charge in [0.1, 0.15) is 11.1 Å². The van der Waals surface area contributed by atoms with Crippen molar-refractivity contribution in [1.29, 1.82) is 0 Å². The lowest BCUT2D eigenvalue weighted by Gasteiger charge is -2.25. The number of benzene rings is 2. The first-order valence-corrected chi connectivity index (χ1v) is 8.78. The summed E-state index contributed by atoms with van der Waals surface area (Å²) < 4.78 is 43.6. The number of alkyl halides is 3. The van der Waals surface area contributed by atoms with Crippen LogP contribution in [0.2, 0.25) is 0 Å². The Bertz CT molecular complexity index is 744. The van der Waals surface area contributed by atoms with Gasteiger partial charge in [0.25, 0.3) is 0 Å². The molecule has 3 nitrogen and oxygen atoms in total. The zero-order chi connectivity index (χ0) is 18.0. The number of carbonyl (C=O) groups excluding carboxylic acids is 1. The summed E-state index contributed by atoms with van der Waals surface area (Å²) in [5, 5.41) is -0.264. The summed E-state index contributed by atoms with van der Waals surface area (Å²) in [7, 11) is 0. The fraction of sp³-hybridized carbons (Fsp3) is 0.278. The summed E-state index contributed by atoms with van der Waals surface area (Å²) in [5.41, 5.74) is 0.634. The van der Waals surface area contributed by atoms with Crippen LogP contribution in [0.3, 0.4) is 0 Å². The Morgan fingerprint density at radius 2 is 1.76 bits per heavy atom. The highest BCUT2D eigenvalue weighted by atomic mass is 32.2. The Labute approximate surface area is 147 Å². The molecular formula is C18H16F3NO2S. The lowest BCUT2D eigenvalue weighted by Crippen LogP contribution is -2.27. The van der Waals surface area contributed by atoms with Crippen LogP contribution in [0.1, 0.15) is 23.4 Å². The van der Waals surface area contributed by atoms with Gasteiger partial charge in [-0.15, -0.1) is 11.8 Å². The highest BCUT2D eigenvalue weighted by Crippen LogP contribution is 2.42. The molecule has 1 fully saturated rings. The number of nitrogens with zero attached hydrogens (tertiary/aromatic N) is 1. The molecule has 0 N–H and O–H groups in total. The summed E-state index contributed by atoms with van der Waals surface area (Å²) in [6.07, 6.45) is -4.39. The second-order valence-corrected chi connectivity index (χ2v) is 6.54. The van der Waals surface area contributed by atoms with Crippen LogP contribution < -0.4 is 9.64 Å². The molecule has 25 heavy (non-hydrogen) atoms. The molecule has 0 saturated carbocycles. The number of thioether (sulfide) groups is 1. The average molecular weight is 367 g/mol. The van der Waals surface area contributed by atoms with Crippen LogP contribution >= 0.6 is 11.8 Å². The van der Waals surface area contributed by atoms with Crippen molar-refractivity contribution < 1.29 is 22.7 Å². The first-order chi connectivity index (χ1) is 11.9. The molecule has 0 bridgehead atoms. The predicted molar refractivity (Wildman–Crippen MR) is 91.7 cm³/mol. The first-order valence-electron chi connectivity index (χ1n) is 7.74. The summed E-state index contributed by atoms with van der Waals surface area (Å²) in [6, 6.07) is 12.1. The number of anilines is 1. The van der Waals surface area contributed by atoms with Gasteiger partial charge < -0.3 is 4.74 Å². The maximum atomic E-state index is 12.7. The number of hydrogen-bond acceptors (Lipinski definition) is 3. The summed E-state index contributed by atoms with van der Waals surface area (Å²) in [5.74, 6) is 0.907. The molecule has 0 radical (unpaired) electrons. The van der Waals surface area contributed by atoms with Crippen molar-refractivity contribution in [3.63, 3.8) is 0 Å². The molecule has 0 aromatic heterocycles. The van der Waals surface area contributed by atoms with Gasteiger partial charge in [-0.05, 0) is 48.9 Å². The summed E-state index contributed by atoms with van der Waals surface area (Å²) in [4.78, 5) is 13.8. The SMILES string of the molecule is CCOc1ccc([C@@H]2SCC(=O)N2c2ccc(C(F)(F)F)cc2)cc1. The largest absolute Gasteiger partial charge is 0.494 e. The van der Waals surface area contributed by atoms with Crippen molar-refractivity contribution in [2.45, 2.75) is 18.5 Å². The van der Waals surface area contributed by atoms with Gasteiger partial charge in [-0.3, -0.25) is 9.69 Å². The second kappa shape index (κ2) is 7.00. The molecule has 2 aromatic rings. The van der Waals surface area contributed by atoms with Crippen LogP contribution in [-0.4, -0.2) is 18.3 Å². The standard InChI is InChI=1S/C18H16F3NO2S/c1-2-24-15-9-3-12(4-10-15)17-22(16(23)11-25-17)14-7-5-13(6-8-14)18(19,20)21/h3-10,17H,2,11H2,1H3/t17-/m0/s1. The summed E-state index contributed by atoms with van der Waals surface area (Å²) in [6.45, 7) is 2.46. The number of amides is 1. The molecule has 1 heterocycles. The van der Waals surface area contributed by atoms with Gasteiger partial charge in [0.2, 0.25) is 5.91 Å². The third-order valence-corrected chi connectivity index (χ3v) is 5.03. The lowest BCUT2D eigenvalue weighted by atomic mass is 10.1. The van der Waals surface area contributed by atoms with Crippen LogP contribution in [0, 0.1) is 0 Å². The zero-order valence-corrected chi connectivity index (χ0v) is 14.2. The van der Waals surface area contributed by atoms with E-state index in [0.29, 0.717) is 18.0 Å². The predicted octanol–water partition coefficient (Wildman–Crippen LogP) is 4.88. The van der Waals surface area contributed by atoms with E-state index >= 15 is 0 Å². The van der Waals surface area contributed by atoms with E-state index < -0.39 is 11.7 Å². The zero-order valence-electron chi connectivity index (χ0n) is 13.4. The maximum Gasteiger partial charge on any atom is 0.416 e. The maximum absolute atomic E-state index is 12.7. The number of carbonyl (C=O) groups is 1. The quantitative estimate of drug-likeness (QED) is 0.771. The molecule has 1 amide bonds. The minimum absolute atomic E-state index is 0.122. The number of rotatable bonds is 4. The molecule has 3 rings (SSSR count). The molecule has 1 saturated heterocycles. The van der Waals surface area contributed by atoms with E-state index in [1.165, 1.54) is 23.9 Å². The van der Waals surface area contributed by atoms with Gasteiger partial charge in [0.15, 0.2) is 0 Å². The molecule has 2 aromatic carbocycles. The van der Waals surface area contributed by atoms with Crippen molar-refractivity contribution in [1.82, 2.24) is 0 Å². The number of hydrogen-bond donors (Lipinski definition) is 0. The van der Waals surface area contributed by atoms with Gasteiger partial charge >= 0.3 is 6.18 Å². The molecule has 7 heteroatoms. The van der Waals surface area contributed by atoms with Gasteiger partial charge in [-0.2, -0.15) is 13.2 Å². The van der Waals surface area contributed by atoms with Crippen molar-refractivity contribution in [2.24, 2.45) is 0 Å². The Morgan fingerprint density at radius 1 is 1.12 bits per heavy atom. The number of halogens is 3. The van der Waals surface area contributed by atoms with E-state index in [1.807, 2.05) is 31.2 Å². The average Bonchev–Trinajstić information content (AvgIpc) is 2.97. The van der Waals surface area contributed by atoms with E-state index in [0.717, 1.165) is 23.4 Å². The third-order valence-electron chi connectivity index (χ3n) is 3.82. The lowest BCUT2D eigenvalue weighted by molar-refractivity contribution is -0.137. The fourth-order valence-electron chi connectivity index (χ4n) is 2.66. The van der Waals surface area contributed by atoms with Crippen LogP contribution in [0.15, 0.2) is 48.5 Å². The summed E-state index contributed by atoms with van der Waals surface area (Å²) >= 11 is 1.45. The van der Waals surface area contributed by atoms with Gasteiger partial charge in [-0.1, -0.05) is 12.1 Å². The van der Waals surface area contributed by atoms with Gasteiger partial charge in [-0.25, -0.2) is 0 Å². The van der Waals surface area contributed by atoms with Crippen molar-refractivity contribution in [3.05, 3.63) is 59.7 Å². The van der Waals surface area contributed by atoms with Gasteiger partial charge in [0.05, 0.1) is 17.9 Å². The molecule has 1 aliphatic heterocycles. The van der Waals surface area contributed by atoms with Crippen molar-refractivity contribution >= 4 is 23.4 Å². The van der Waals surface area contributed by atoms with Crippen molar-refractivity contribution in [3.8, 4) is 5.75 Å². The molecule has 132 valence electrons. The van der Waals surface area contributed by atoms with Crippen molar-refractivity contribution in [2.75, 3.05) is 17.3 Å². The molecule has 1 aliphatic rings. The van der Waals surface area contributed by atoms with E-state index in [4.69, 9.17) is 4.74 Å². The molecule has 0 spiro atoms. The Kier molecular flexibility index (Phi) is 4.94. The van der Waals surface area contributed by atoms with E-state index in [9.17, 15) is 18.0 Å². The fourth-order valence-corrected chi connectivity index (χ4v) is 3.83. The van der Waals surface area contributed by atoms with Gasteiger partial charge in [0, 0.05) is 5.69 Å². The first kappa shape index (κ1) is 17.7. The Balaban J connectivity index is 1.87. The van der Waals surface area contributed by atoms with Crippen LogP contribution in [0.25, 0.3) is 0 Å². The topological polar surface area (TPSA) is 29.5 Å². The third kappa shape index (κ3) is 3.76. The van der Waals surface area contributed by atoms with Crippen LogP contribution in [0.4, 0.5) is 18.9 Å². The minimum atomic E-state index is -4.39. The van der Waals surface area contributed by atoms with E-state index in [-0.39, 0.29) is 11.3 Å². The van der Waals surface area contributed by atoms with Crippen LogP contribution in [-0.2, 0) is 11.0 Å². The minimum Gasteiger partial charge on any atom is -0.494 e. The van der Waals surface area contributed by atoms with Crippen LogP contribution in [0.5, 0.6) is 5.75 Å². The monoisotopic (exact) mass is 367 g/mol. The van der Waals surface area contributed by atoms with E-state index in [1.54, 1.807) is 4.90 Å². The highest BCUT2D eigenvalue weighted by molar-refractivity contribution is 8.00. The Hall–Kier alpha value is -2.15. The molecule has 1 atom stereocenters. The molecule has 0 unspecified atom stereocenters. The van der Waals surface area contributed by atoms with E-state index in [2.05, 4.69) is 0 Å². The number of ether oxygens (including phenoxy) is 1. The molecule has 0 aliphatic carbocycles. The highest BCUT2D eigenvalue weighted by Gasteiger charge is 2.35. The molecular weight excluding hydrogens is 351 g/mol. The smallest absolute Gasteiger partial charge is 0.416 e. The Morgan fingerprint density at radius 3 is 2.32 bits per heavy atom. The normalized spacial score (nSPS) is 17.8. The second-order valence-electron chi connectivity index (χ2n) is 5.47.